The average molecular weight is 206 g/mol. The molecule has 0 N–H and O–H groups in total. The van der Waals surface area contributed by atoms with Crippen molar-refractivity contribution in [3.63, 3.8) is 0 Å². The Bertz CT molecular complexity index is 417. The van der Waals surface area contributed by atoms with Crippen LogP contribution >= 0.6 is 0 Å². The summed E-state index contributed by atoms with van der Waals surface area (Å²) in [6.45, 7) is 0. The van der Waals surface area contributed by atoms with Crippen LogP contribution in [0.2, 0.25) is 0 Å². The van der Waals surface area contributed by atoms with E-state index in [1.165, 1.54) is 17.5 Å². The van der Waals surface area contributed by atoms with Gasteiger partial charge in [0.05, 0.1) is 0 Å². The van der Waals surface area contributed by atoms with Crippen molar-refractivity contribution < 1.29 is 0 Å². The zero-order valence-corrected chi connectivity index (χ0v) is 9.39. The van der Waals surface area contributed by atoms with Crippen molar-refractivity contribution >= 4 is 13.3 Å². The summed E-state index contributed by atoms with van der Waals surface area (Å²) in [6.07, 6.45) is 3.45. The second-order valence-electron chi connectivity index (χ2n) is 4.08. The van der Waals surface area contributed by atoms with Gasteiger partial charge in [0.25, 0.3) is 0 Å². The van der Waals surface area contributed by atoms with Crippen LogP contribution in [0.4, 0.5) is 0 Å². The molecule has 0 aliphatic carbocycles. The number of hydrogen-bond donors (Lipinski definition) is 0. The third-order valence-electron chi connectivity index (χ3n) is 2.75. The number of hydrogen-bond acceptors (Lipinski definition) is 0. The van der Waals surface area contributed by atoms with Gasteiger partial charge in [0, 0.05) is 0 Å². The van der Waals surface area contributed by atoms with Gasteiger partial charge in [0.2, 0.25) is 0 Å². The molecule has 0 saturated heterocycles. The molecule has 0 aromatic heterocycles. The molecule has 0 aliphatic rings. The highest BCUT2D eigenvalue weighted by atomic mass is 14.0. The topological polar surface area (TPSA) is 0 Å². The molecule has 2 radical (unpaired) electrons. The quantitative estimate of drug-likeness (QED) is 0.674. The molecule has 0 atom stereocenters. The first-order chi connectivity index (χ1) is 7.84. The van der Waals surface area contributed by atoms with Crippen molar-refractivity contribution in [3.05, 3.63) is 65.7 Å². The Morgan fingerprint density at radius 2 is 1.25 bits per heavy atom. The highest BCUT2D eigenvalue weighted by molar-refractivity contribution is 6.32. The maximum atomic E-state index is 5.65. The van der Waals surface area contributed by atoms with Crippen molar-refractivity contribution in [1.29, 1.82) is 0 Å². The minimum atomic E-state index is 0.840. The van der Waals surface area contributed by atoms with Gasteiger partial charge in [-0.25, -0.2) is 0 Å². The molecule has 2 rings (SSSR count). The lowest BCUT2D eigenvalue weighted by Crippen LogP contribution is -2.00. The first-order valence-corrected chi connectivity index (χ1v) is 5.73. The summed E-state index contributed by atoms with van der Waals surface area (Å²) in [5, 5.41) is 0. The Morgan fingerprint density at radius 1 is 0.688 bits per heavy atom. The van der Waals surface area contributed by atoms with Crippen molar-refractivity contribution in [2.45, 2.75) is 19.3 Å². The molecule has 0 bridgehead atoms. The second-order valence-corrected chi connectivity index (χ2v) is 4.08. The lowest BCUT2D eigenvalue weighted by molar-refractivity contribution is 0.821. The smallest absolute Gasteiger partial charge is 0.0967 e. The van der Waals surface area contributed by atoms with E-state index in [9.17, 15) is 0 Å². The summed E-state index contributed by atoms with van der Waals surface area (Å²) in [4.78, 5) is 0. The van der Waals surface area contributed by atoms with E-state index in [1.807, 2.05) is 12.1 Å². The fourth-order valence-corrected chi connectivity index (χ4v) is 1.83. The molecule has 0 fully saturated rings. The van der Waals surface area contributed by atoms with Gasteiger partial charge in [0.1, 0.15) is 7.85 Å². The largest absolute Gasteiger partial charge is 0.113 e. The van der Waals surface area contributed by atoms with Gasteiger partial charge in [-0.15, -0.1) is 0 Å². The van der Waals surface area contributed by atoms with Gasteiger partial charge in [-0.3, -0.25) is 0 Å². The van der Waals surface area contributed by atoms with Crippen LogP contribution < -0.4 is 5.46 Å². The molecule has 0 heterocycles. The van der Waals surface area contributed by atoms with Crippen LogP contribution in [0.5, 0.6) is 0 Å². The normalized spacial score (nSPS) is 10.2. The Hall–Kier alpha value is -1.50. The van der Waals surface area contributed by atoms with E-state index in [0.29, 0.717) is 0 Å². The number of aryl methyl sites for hydroxylation is 2. The molecule has 16 heavy (non-hydrogen) atoms. The van der Waals surface area contributed by atoms with Crippen LogP contribution in [0.15, 0.2) is 54.6 Å². The Kier molecular flexibility index (Phi) is 3.82. The second kappa shape index (κ2) is 5.55. The van der Waals surface area contributed by atoms with Crippen LogP contribution in [-0.2, 0) is 12.8 Å². The third-order valence-corrected chi connectivity index (χ3v) is 2.75. The van der Waals surface area contributed by atoms with Crippen molar-refractivity contribution in [1.82, 2.24) is 0 Å². The summed E-state index contributed by atoms with van der Waals surface area (Å²) in [5.74, 6) is 0. The average Bonchev–Trinajstić information content (AvgIpc) is 2.33. The molecule has 2 aromatic rings. The Balaban J connectivity index is 1.82. The summed E-state index contributed by atoms with van der Waals surface area (Å²) in [7, 11) is 5.65. The zero-order chi connectivity index (χ0) is 11.2. The van der Waals surface area contributed by atoms with E-state index < -0.39 is 0 Å². The summed E-state index contributed by atoms with van der Waals surface area (Å²) in [5.41, 5.74) is 3.62. The molecular formula is C15H15B. The van der Waals surface area contributed by atoms with Crippen LogP contribution in [0, 0.1) is 0 Å². The molecule has 0 nitrogen and oxygen atoms in total. The van der Waals surface area contributed by atoms with Crippen LogP contribution in [-0.4, -0.2) is 7.85 Å². The monoisotopic (exact) mass is 206 g/mol. The summed E-state index contributed by atoms with van der Waals surface area (Å²) in [6, 6.07) is 18.8. The van der Waals surface area contributed by atoms with Crippen molar-refractivity contribution in [2.24, 2.45) is 0 Å². The maximum absolute atomic E-state index is 5.65. The van der Waals surface area contributed by atoms with Gasteiger partial charge in [-0.2, -0.15) is 0 Å². The first-order valence-electron chi connectivity index (χ1n) is 5.73. The van der Waals surface area contributed by atoms with Gasteiger partial charge in [-0.1, -0.05) is 60.1 Å². The van der Waals surface area contributed by atoms with E-state index in [2.05, 4.69) is 42.5 Å². The van der Waals surface area contributed by atoms with Gasteiger partial charge in [-0.05, 0) is 30.4 Å². The molecule has 78 valence electrons. The Morgan fingerprint density at radius 3 is 1.88 bits per heavy atom. The van der Waals surface area contributed by atoms with E-state index >= 15 is 0 Å². The van der Waals surface area contributed by atoms with Crippen molar-refractivity contribution in [3.8, 4) is 0 Å². The predicted molar refractivity (Wildman–Crippen MR) is 70.3 cm³/mol. The Labute approximate surface area is 98.7 Å². The molecule has 0 unspecified atom stereocenters. The van der Waals surface area contributed by atoms with Crippen LogP contribution in [0.3, 0.4) is 0 Å². The van der Waals surface area contributed by atoms with Gasteiger partial charge in [0.15, 0.2) is 0 Å². The fraction of sp³-hybridized carbons (Fsp3) is 0.200. The number of benzene rings is 2. The summed E-state index contributed by atoms with van der Waals surface area (Å²) >= 11 is 0. The van der Waals surface area contributed by atoms with Crippen molar-refractivity contribution in [2.75, 3.05) is 0 Å². The lowest BCUT2D eigenvalue weighted by Gasteiger charge is -2.02. The molecule has 2 aromatic carbocycles. The van der Waals surface area contributed by atoms with Crippen LogP contribution in [0.1, 0.15) is 17.5 Å². The first kappa shape index (κ1) is 11.0. The minimum absolute atomic E-state index is 0.840. The zero-order valence-electron chi connectivity index (χ0n) is 9.39. The SMILES string of the molecule is [B]c1ccc(CCCc2ccccc2)cc1. The molecule has 0 saturated carbocycles. The lowest BCUT2D eigenvalue weighted by atomic mass is 9.94. The third kappa shape index (κ3) is 3.27. The molecule has 0 spiro atoms. The summed E-state index contributed by atoms with van der Waals surface area (Å²) < 4.78 is 0. The minimum Gasteiger partial charge on any atom is -0.0967 e. The molecular weight excluding hydrogens is 191 g/mol. The molecule has 0 amide bonds. The number of rotatable bonds is 4. The van der Waals surface area contributed by atoms with Gasteiger partial charge < -0.3 is 0 Å². The van der Waals surface area contributed by atoms with E-state index in [0.717, 1.165) is 18.3 Å². The van der Waals surface area contributed by atoms with E-state index in [-0.39, 0.29) is 0 Å². The molecule has 0 aliphatic heterocycles. The van der Waals surface area contributed by atoms with Crippen LogP contribution in [0.25, 0.3) is 0 Å². The predicted octanol–water partition coefficient (Wildman–Crippen LogP) is 2.66. The maximum Gasteiger partial charge on any atom is 0.113 e. The highest BCUT2D eigenvalue weighted by Gasteiger charge is 1.94. The van der Waals surface area contributed by atoms with E-state index in [4.69, 9.17) is 7.85 Å². The molecule has 1 heteroatoms. The highest BCUT2D eigenvalue weighted by Crippen LogP contribution is 2.07. The standard InChI is InChI=1S/C15H15B/c16-15-11-9-14(10-12-15)8-4-7-13-5-2-1-3-6-13/h1-3,5-6,9-12H,4,7-8H2. The van der Waals surface area contributed by atoms with Gasteiger partial charge >= 0.3 is 0 Å². The fourth-order valence-electron chi connectivity index (χ4n) is 1.83. The van der Waals surface area contributed by atoms with E-state index in [1.54, 1.807) is 0 Å².